The maximum atomic E-state index is 10.3. The summed E-state index contributed by atoms with van der Waals surface area (Å²) >= 11 is 0. The number of rotatable bonds is 9. The van der Waals surface area contributed by atoms with E-state index in [9.17, 15) is 10.2 Å². The summed E-state index contributed by atoms with van der Waals surface area (Å²) < 4.78 is 0. The van der Waals surface area contributed by atoms with Crippen molar-refractivity contribution in [2.24, 2.45) is 10.8 Å². The Labute approximate surface area is 148 Å². The third-order valence-electron chi connectivity index (χ3n) is 5.54. The lowest BCUT2D eigenvalue weighted by Crippen LogP contribution is -2.05. The Bertz CT molecular complexity index is 536. The topological polar surface area (TPSA) is 40.5 Å². The van der Waals surface area contributed by atoms with Gasteiger partial charge in [-0.25, -0.2) is 0 Å². The molecule has 2 nitrogen and oxygen atoms in total. The normalized spacial score (nSPS) is 16.3. The van der Waals surface area contributed by atoms with Crippen LogP contribution in [-0.2, 0) is 12.8 Å². The summed E-state index contributed by atoms with van der Waals surface area (Å²) in [5, 5.41) is 20.1. The van der Waals surface area contributed by atoms with E-state index in [1.54, 1.807) is 6.07 Å². The lowest BCUT2D eigenvalue weighted by atomic mass is 9.88. The van der Waals surface area contributed by atoms with E-state index in [0.29, 0.717) is 10.8 Å². The van der Waals surface area contributed by atoms with Gasteiger partial charge in [-0.2, -0.15) is 0 Å². The second-order valence-electron chi connectivity index (χ2n) is 9.36. The third kappa shape index (κ3) is 6.03. The van der Waals surface area contributed by atoms with Crippen molar-refractivity contribution in [3.63, 3.8) is 0 Å². The van der Waals surface area contributed by atoms with Crippen LogP contribution < -0.4 is 0 Å². The van der Waals surface area contributed by atoms with E-state index in [0.717, 1.165) is 31.2 Å². The Balaban J connectivity index is 1.88. The highest BCUT2D eigenvalue weighted by Crippen LogP contribution is 2.49. The number of phenols is 2. The van der Waals surface area contributed by atoms with Crippen LogP contribution in [0.4, 0.5) is 0 Å². The predicted octanol–water partition coefficient (Wildman–Crippen LogP) is 6.37. The highest BCUT2D eigenvalue weighted by atomic mass is 16.3. The number of aryl methyl sites for hydroxylation is 1. The molecule has 24 heavy (non-hydrogen) atoms. The van der Waals surface area contributed by atoms with Crippen LogP contribution in [0.1, 0.15) is 90.2 Å². The van der Waals surface area contributed by atoms with E-state index in [4.69, 9.17) is 0 Å². The second-order valence-corrected chi connectivity index (χ2v) is 9.36. The number of aromatic hydroxyl groups is 2. The fourth-order valence-corrected chi connectivity index (χ4v) is 3.47. The van der Waals surface area contributed by atoms with Gasteiger partial charge in [-0.15, -0.1) is 0 Å². The highest BCUT2D eigenvalue weighted by Gasteiger charge is 2.35. The van der Waals surface area contributed by atoms with E-state index < -0.39 is 0 Å². The van der Waals surface area contributed by atoms with Gasteiger partial charge in [-0.05, 0) is 73.8 Å². The minimum absolute atomic E-state index is 0.0232. The molecule has 0 bridgehead atoms. The van der Waals surface area contributed by atoms with E-state index >= 15 is 0 Å². The standard InChI is InChI=1S/C22H36O2/c1-21(2,3)13-7-6-10-18-17(11-12-19(23)20(18)24)9-5-8-14-22(4)15-16-22/h11-12,23-24H,5-10,13-16H2,1-4H3. The van der Waals surface area contributed by atoms with Crippen LogP contribution >= 0.6 is 0 Å². The Hall–Kier alpha value is -1.18. The van der Waals surface area contributed by atoms with Gasteiger partial charge in [-0.1, -0.05) is 46.6 Å². The summed E-state index contributed by atoms with van der Waals surface area (Å²) in [5.41, 5.74) is 3.19. The van der Waals surface area contributed by atoms with E-state index in [-0.39, 0.29) is 11.5 Å². The minimum atomic E-state index is 0.0232. The molecule has 1 aromatic rings. The van der Waals surface area contributed by atoms with Gasteiger partial charge in [0.05, 0.1) is 0 Å². The Morgan fingerprint density at radius 2 is 1.62 bits per heavy atom. The number of hydrogen-bond acceptors (Lipinski definition) is 2. The van der Waals surface area contributed by atoms with Crippen LogP contribution in [0.5, 0.6) is 11.5 Å². The molecule has 0 unspecified atom stereocenters. The summed E-state index contributed by atoms with van der Waals surface area (Å²) in [4.78, 5) is 0. The lowest BCUT2D eigenvalue weighted by molar-refractivity contribution is 0.358. The van der Waals surface area contributed by atoms with Gasteiger partial charge >= 0.3 is 0 Å². The number of hydrogen-bond donors (Lipinski definition) is 2. The maximum absolute atomic E-state index is 10.3. The van der Waals surface area contributed by atoms with Gasteiger partial charge in [0.25, 0.3) is 0 Å². The molecule has 2 N–H and O–H groups in total. The molecule has 0 radical (unpaired) electrons. The fraction of sp³-hybridized carbons (Fsp3) is 0.727. The zero-order valence-corrected chi connectivity index (χ0v) is 16.1. The Kier molecular flexibility index (Phi) is 6.22. The zero-order chi connectivity index (χ0) is 17.8. The molecule has 0 heterocycles. The summed E-state index contributed by atoms with van der Waals surface area (Å²) in [5.74, 6) is 0.132. The molecule has 0 aliphatic heterocycles. The molecule has 0 atom stereocenters. The summed E-state index contributed by atoms with van der Waals surface area (Å²) in [6.45, 7) is 9.19. The first-order valence-corrected chi connectivity index (χ1v) is 9.73. The van der Waals surface area contributed by atoms with Gasteiger partial charge in [0.15, 0.2) is 11.5 Å². The van der Waals surface area contributed by atoms with Gasteiger partial charge < -0.3 is 10.2 Å². The summed E-state index contributed by atoms with van der Waals surface area (Å²) in [7, 11) is 0. The average molecular weight is 333 g/mol. The van der Waals surface area contributed by atoms with Crippen molar-refractivity contribution in [2.75, 3.05) is 0 Å². The molecular weight excluding hydrogens is 296 g/mol. The molecule has 1 saturated carbocycles. The van der Waals surface area contributed by atoms with Gasteiger partial charge in [0.2, 0.25) is 0 Å². The molecule has 2 heteroatoms. The van der Waals surface area contributed by atoms with Crippen LogP contribution in [0.25, 0.3) is 0 Å². The first kappa shape index (κ1) is 19.1. The van der Waals surface area contributed by atoms with Crippen LogP contribution in [0.2, 0.25) is 0 Å². The molecular formula is C22H36O2. The van der Waals surface area contributed by atoms with Crippen molar-refractivity contribution in [3.8, 4) is 11.5 Å². The summed E-state index contributed by atoms with van der Waals surface area (Å²) in [6, 6.07) is 3.65. The molecule has 136 valence electrons. The largest absolute Gasteiger partial charge is 0.504 e. The van der Waals surface area contributed by atoms with Crippen LogP contribution in [0.3, 0.4) is 0 Å². The number of unbranched alkanes of at least 4 members (excludes halogenated alkanes) is 2. The summed E-state index contributed by atoms with van der Waals surface area (Å²) in [6.07, 6.45) is 11.9. The SMILES string of the molecule is CC(C)(C)CCCCc1c(CCCCC2(C)CC2)ccc(O)c1O. The van der Waals surface area contributed by atoms with Crippen molar-refractivity contribution < 1.29 is 10.2 Å². The molecule has 0 amide bonds. The van der Waals surface area contributed by atoms with Crippen LogP contribution in [-0.4, -0.2) is 10.2 Å². The highest BCUT2D eigenvalue weighted by molar-refractivity contribution is 5.49. The first-order chi connectivity index (χ1) is 11.2. The van der Waals surface area contributed by atoms with E-state index in [1.165, 1.54) is 44.1 Å². The molecule has 1 aliphatic carbocycles. The van der Waals surface area contributed by atoms with Gasteiger partial charge in [0, 0.05) is 5.56 Å². The quantitative estimate of drug-likeness (QED) is 0.407. The van der Waals surface area contributed by atoms with E-state index in [2.05, 4.69) is 27.7 Å². The second kappa shape index (κ2) is 7.80. The lowest BCUT2D eigenvalue weighted by Gasteiger charge is -2.18. The van der Waals surface area contributed by atoms with Gasteiger partial charge in [0.1, 0.15) is 0 Å². The van der Waals surface area contributed by atoms with Crippen molar-refractivity contribution in [3.05, 3.63) is 23.3 Å². The van der Waals surface area contributed by atoms with Crippen molar-refractivity contribution >= 4 is 0 Å². The van der Waals surface area contributed by atoms with Crippen molar-refractivity contribution in [2.45, 2.75) is 91.9 Å². The fourth-order valence-electron chi connectivity index (χ4n) is 3.47. The molecule has 0 aromatic heterocycles. The maximum Gasteiger partial charge on any atom is 0.160 e. The molecule has 0 spiro atoms. The first-order valence-electron chi connectivity index (χ1n) is 9.73. The van der Waals surface area contributed by atoms with Crippen LogP contribution in [0, 0.1) is 10.8 Å². The molecule has 2 rings (SSSR count). The predicted molar refractivity (Wildman–Crippen MR) is 102 cm³/mol. The zero-order valence-electron chi connectivity index (χ0n) is 16.1. The Morgan fingerprint density at radius 3 is 2.25 bits per heavy atom. The van der Waals surface area contributed by atoms with Crippen LogP contribution in [0.15, 0.2) is 12.1 Å². The number of benzene rings is 1. The Morgan fingerprint density at radius 1 is 0.958 bits per heavy atom. The van der Waals surface area contributed by atoms with Gasteiger partial charge in [-0.3, -0.25) is 0 Å². The van der Waals surface area contributed by atoms with Crippen molar-refractivity contribution in [1.29, 1.82) is 0 Å². The molecule has 1 aromatic carbocycles. The average Bonchev–Trinajstić information content (AvgIpc) is 3.22. The number of phenolic OH excluding ortho intramolecular Hbond substituents is 2. The smallest absolute Gasteiger partial charge is 0.160 e. The molecule has 0 saturated heterocycles. The third-order valence-corrected chi connectivity index (χ3v) is 5.54. The van der Waals surface area contributed by atoms with E-state index in [1.807, 2.05) is 6.07 Å². The monoisotopic (exact) mass is 332 g/mol. The minimum Gasteiger partial charge on any atom is -0.504 e. The molecule has 1 fully saturated rings. The van der Waals surface area contributed by atoms with Crippen molar-refractivity contribution in [1.82, 2.24) is 0 Å². The molecule has 1 aliphatic rings.